The summed E-state index contributed by atoms with van der Waals surface area (Å²) in [6.45, 7) is 2.95. The number of carboxylic acids is 1. The number of hydrogen-bond donors (Lipinski definition) is 1. The van der Waals surface area contributed by atoms with Crippen molar-refractivity contribution in [3.05, 3.63) is 41.6 Å². The molecule has 1 aromatic heterocycles. The van der Waals surface area contributed by atoms with E-state index in [0.717, 1.165) is 22.7 Å². The van der Waals surface area contributed by atoms with Crippen molar-refractivity contribution in [1.29, 1.82) is 0 Å². The van der Waals surface area contributed by atoms with Crippen LogP contribution in [0.4, 0.5) is 0 Å². The van der Waals surface area contributed by atoms with Gasteiger partial charge in [0.25, 0.3) is 0 Å². The summed E-state index contributed by atoms with van der Waals surface area (Å²) in [6, 6.07) is 9.26. The largest absolute Gasteiger partial charge is 0.497 e. The minimum Gasteiger partial charge on any atom is -0.497 e. The quantitative estimate of drug-likeness (QED) is 0.888. The molecule has 2 aromatic rings. The average Bonchev–Trinajstić information content (AvgIpc) is 2.82. The Bertz CT molecular complexity index is 628. The molecular formula is C16H19NO4. The molecule has 0 saturated heterocycles. The third kappa shape index (κ3) is 3.08. The summed E-state index contributed by atoms with van der Waals surface area (Å²) in [5.41, 5.74) is 2.86. The molecule has 0 aliphatic rings. The molecule has 0 fully saturated rings. The number of nitrogens with zero attached hydrogens (tertiary/aromatic N) is 1. The van der Waals surface area contributed by atoms with E-state index >= 15 is 0 Å². The number of ether oxygens (including phenoxy) is 2. The van der Waals surface area contributed by atoms with Gasteiger partial charge in [0.2, 0.25) is 0 Å². The van der Waals surface area contributed by atoms with Crippen molar-refractivity contribution in [1.82, 2.24) is 4.57 Å². The van der Waals surface area contributed by atoms with Crippen molar-refractivity contribution in [3.8, 4) is 17.0 Å². The fourth-order valence-electron chi connectivity index (χ4n) is 2.33. The molecule has 0 atom stereocenters. The van der Waals surface area contributed by atoms with Crippen LogP contribution in [0, 0.1) is 6.92 Å². The zero-order valence-electron chi connectivity index (χ0n) is 12.4. The van der Waals surface area contributed by atoms with Crippen LogP contribution < -0.4 is 4.74 Å². The second-order valence-electron chi connectivity index (χ2n) is 4.71. The second kappa shape index (κ2) is 6.45. The summed E-state index contributed by atoms with van der Waals surface area (Å²) in [5.74, 6) is -0.151. The monoisotopic (exact) mass is 289 g/mol. The summed E-state index contributed by atoms with van der Waals surface area (Å²) in [7, 11) is 3.24. The highest BCUT2D eigenvalue weighted by molar-refractivity contribution is 5.91. The van der Waals surface area contributed by atoms with Gasteiger partial charge in [-0.2, -0.15) is 0 Å². The first kappa shape index (κ1) is 15.1. The normalized spacial score (nSPS) is 10.6. The average molecular weight is 289 g/mol. The van der Waals surface area contributed by atoms with E-state index in [1.54, 1.807) is 20.3 Å². The van der Waals surface area contributed by atoms with Crippen LogP contribution in [0.5, 0.6) is 5.75 Å². The summed E-state index contributed by atoms with van der Waals surface area (Å²) in [5, 5.41) is 9.29. The van der Waals surface area contributed by atoms with E-state index in [1.165, 1.54) is 0 Å². The summed E-state index contributed by atoms with van der Waals surface area (Å²) in [6.07, 6.45) is 0. The third-order valence-corrected chi connectivity index (χ3v) is 3.50. The van der Waals surface area contributed by atoms with Crippen LogP contribution in [-0.4, -0.2) is 36.5 Å². The van der Waals surface area contributed by atoms with Crippen LogP contribution in [0.2, 0.25) is 0 Å². The molecule has 1 heterocycles. The molecule has 0 bridgehead atoms. The lowest BCUT2D eigenvalue weighted by molar-refractivity contribution is 0.0696. The first-order chi connectivity index (χ1) is 10.1. The Morgan fingerprint density at radius 2 is 1.90 bits per heavy atom. The van der Waals surface area contributed by atoms with Gasteiger partial charge in [-0.05, 0) is 42.8 Å². The lowest BCUT2D eigenvalue weighted by atomic mass is 10.1. The minimum atomic E-state index is -0.918. The van der Waals surface area contributed by atoms with E-state index in [1.807, 2.05) is 35.8 Å². The number of aromatic carboxylic acids is 1. The molecule has 0 aliphatic heterocycles. The van der Waals surface area contributed by atoms with Gasteiger partial charge in [0.1, 0.15) is 5.75 Å². The number of aromatic nitrogens is 1. The van der Waals surface area contributed by atoms with Gasteiger partial charge in [-0.15, -0.1) is 0 Å². The molecular weight excluding hydrogens is 270 g/mol. The summed E-state index contributed by atoms with van der Waals surface area (Å²) < 4.78 is 12.2. The van der Waals surface area contributed by atoms with E-state index in [0.29, 0.717) is 18.7 Å². The number of rotatable bonds is 6. The molecule has 112 valence electrons. The number of benzene rings is 1. The van der Waals surface area contributed by atoms with Crippen LogP contribution in [-0.2, 0) is 11.3 Å². The van der Waals surface area contributed by atoms with Crippen LogP contribution in [0.1, 0.15) is 16.1 Å². The van der Waals surface area contributed by atoms with Crippen molar-refractivity contribution < 1.29 is 19.4 Å². The summed E-state index contributed by atoms with van der Waals surface area (Å²) >= 11 is 0. The van der Waals surface area contributed by atoms with E-state index in [-0.39, 0.29) is 0 Å². The van der Waals surface area contributed by atoms with Gasteiger partial charge in [-0.25, -0.2) is 4.79 Å². The second-order valence-corrected chi connectivity index (χ2v) is 4.71. The Morgan fingerprint density at radius 3 is 2.43 bits per heavy atom. The fraction of sp³-hybridized carbons (Fsp3) is 0.312. The molecule has 1 aromatic carbocycles. The van der Waals surface area contributed by atoms with Gasteiger partial charge in [-0.1, -0.05) is 0 Å². The van der Waals surface area contributed by atoms with Crippen molar-refractivity contribution in [2.24, 2.45) is 0 Å². The lowest BCUT2D eigenvalue weighted by Gasteiger charge is -2.11. The van der Waals surface area contributed by atoms with Gasteiger partial charge in [-0.3, -0.25) is 0 Å². The van der Waals surface area contributed by atoms with Gasteiger partial charge in [0, 0.05) is 25.0 Å². The van der Waals surface area contributed by atoms with E-state index < -0.39 is 5.97 Å². The molecule has 0 spiro atoms. The number of hydrogen-bond acceptors (Lipinski definition) is 3. The van der Waals surface area contributed by atoms with Gasteiger partial charge in [0.05, 0.1) is 19.3 Å². The van der Waals surface area contributed by atoms with E-state index in [2.05, 4.69) is 0 Å². The van der Waals surface area contributed by atoms with E-state index in [9.17, 15) is 9.90 Å². The molecule has 1 N–H and O–H groups in total. The molecule has 0 saturated carbocycles. The Morgan fingerprint density at radius 1 is 1.24 bits per heavy atom. The van der Waals surface area contributed by atoms with Gasteiger partial charge >= 0.3 is 5.97 Å². The molecule has 0 aliphatic carbocycles. The molecule has 2 rings (SSSR count). The number of methoxy groups -OCH3 is 2. The Balaban J connectivity index is 2.49. The zero-order valence-corrected chi connectivity index (χ0v) is 12.4. The molecule has 5 heteroatoms. The highest BCUT2D eigenvalue weighted by Crippen LogP contribution is 2.27. The zero-order chi connectivity index (χ0) is 15.4. The molecule has 0 unspecified atom stereocenters. The smallest absolute Gasteiger partial charge is 0.337 e. The fourth-order valence-corrected chi connectivity index (χ4v) is 2.33. The van der Waals surface area contributed by atoms with Crippen molar-refractivity contribution >= 4 is 5.97 Å². The molecule has 0 amide bonds. The maximum absolute atomic E-state index is 11.3. The van der Waals surface area contributed by atoms with E-state index in [4.69, 9.17) is 9.47 Å². The van der Waals surface area contributed by atoms with Gasteiger partial charge < -0.3 is 19.1 Å². The Kier molecular flexibility index (Phi) is 4.65. The SMILES string of the molecule is COCCn1c(-c2ccc(OC)cc2)cc(C(=O)O)c1C. The van der Waals surface area contributed by atoms with Crippen molar-refractivity contribution in [2.45, 2.75) is 13.5 Å². The lowest BCUT2D eigenvalue weighted by Crippen LogP contribution is -2.08. The highest BCUT2D eigenvalue weighted by atomic mass is 16.5. The third-order valence-electron chi connectivity index (χ3n) is 3.50. The highest BCUT2D eigenvalue weighted by Gasteiger charge is 2.17. The molecule has 0 radical (unpaired) electrons. The van der Waals surface area contributed by atoms with Crippen LogP contribution in [0.3, 0.4) is 0 Å². The number of carbonyl (C=O) groups is 1. The number of carboxylic acid groups (broad SMARTS) is 1. The van der Waals surface area contributed by atoms with Gasteiger partial charge in [0.15, 0.2) is 0 Å². The maximum Gasteiger partial charge on any atom is 0.337 e. The standard InChI is InChI=1S/C16H19NO4/c1-11-14(16(18)19)10-15(17(11)8-9-20-2)12-4-6-13(21-3)7-5-12/h4-7,10H,8-9H2,1-3H3,(H,18,19). The van der Waals surface area contributed by atoms with Crippen molar-refractivity contribution in [2.75, 3.05) is 20.8 Å². The summed E-state index contributed by atoms with van der Waals surface area (Å²) in [4.78, 5) is 11.3. The van der Waals surface area contributed by atoms with Crippen LogP contribution in [0.25, 0.3) is 11.3 Å². The predicted octanol–water partition coefficient (Wildman–Crippen LogP) is 2.82. The Labute approximate surface area is 123 Å². The minimum absolute atomic E-state index is 0.317. The maximum atomic E-state index is 11.3. The van der Waals surface area contributed by atoms with Crippen LogP contribution >= 0.6 is 0 Å². The first-order valence-corrected chi connectivity index (χ1v) is 6.65. The first-order valence-electron chi connectivity index (χ1n) is 6.65. The molecule has 5 nitrogen and oxygen atoms in total. The van der Waals surface area contributed by atoms with Crippen molar-refractivity contribution in [3.63, 3.8) is 0 Å². The molecule has 21 heavy (non-hydrogen) atoms. The van der Waals surface area contributed by atoms with Crippen LogP contribution in [0.15, 0.2) is 30.3 Å². The Hall–Kier alpha value is -2.27. The topological polar surface area (TPSA) is 60.7 Å². The predicted molar refractivity (Wildman–Crippen MR) is 80.0 cm³/mol.